The molecule has 0 amide bonds. The van der Waals surface area contributed by atoms with Crippen LogP contribution in [0.15, 0.2) is 24.3 Å². The molecule has 1 heterocycles. The molecular formula is C15H24N2O2S. The topological polar surface area (TPSA) is 63.4 Å². The van der Waals surface area contributed by atoms with Gasteiger partial charge in [0, 0.05) is 19.6 Å². The van der Waals surface area contributed by atoms with Gasteiger partial charge in [0.15, 0.2) is 0 Å². The standard InChI is InChI=1S/C15H24N2O2S/c1-15(2)8-5-9-17(12-15)20(18,19)11-14-7-4-3-6-13(14)10-16/h3-4,6-7H,5,8-12,16H2,1-2H3. The van der Waals surface area contributed by atoms with E-state index in [0.717, 1.165) is 24.0 Å². The number of piperidine rings is 1. The van der Waals surface area contributed by atoms with E-state index in [2.05, 4.69) is 13.8 Å². The summed E-state index contributed by atoms with van der Waals surface area (Å²) in [7, 11) is -3.26. The summed E-state index contributed by atoms with van der Waals surface area (Å²) in [5.41, 5.74) is 7.48. The van der Waals surface area contributed by atoms with Gasteiger partial charge in [-0.2, -0.15) is 0 Å². The van der Waals surface area contributed by atoms with E-state index in [-0.39, 0.29) is 11.2 Å². The van der Waals surface area contributed by atoms with Crippen molar-refractivity contribution in [3.05, 3.63) is 35.4 Å². The summed E-state index contributed by atoms with van der Waals surface area (Å²) in [4.78, 5) is 0. The lowest BCUT2D eigenvalue weighted by atomic mass is 9.85. The number of rotatable bonds is 4. The van der Waals surface area contributed by atoms with Gasteiger partial charge in [-0.15, -0.1) is 0 Å². The quantitative estimate of drug-likeness (QED) is 0.925. The summed E-state index contributed by atoms with van der Waals surface area (Å²) in [5.74, 6) is 0.0520. The van der Waals surface area contributed by atoms with E-state index >= 15 is 0 Å². The van der Waals surface area contributed by atoms with Crippen molar-refractivity contribution in [2.24, 2.45) is 11.1 Å². The highest BCUT2D eigenvalue weighted by Crippen LogP contribution is 2.30. The third-order valence-corrected chi connectivity index (χ3v) is 5.71. The SMILES string of the molecule is CC1(C)CCCN(S(=O)(=O)Cc2ccccc2CN)C1. The first-order valence-electron chi connectivity index (χ1n) is 7.09. The highest BCUT2D eigenvalue weighted by atomic mass is 32.2. The Labute approximate surface area is 122 Å². The second-order valence-corrected chi connectivity index (χ2v) is 8.30. The Balaban J connectivity index is 2.19. The van der Waals surface area contributed by atoms with Crippen LogP contribution in [0.1, 0.15) is 37.8 Å². The minimum absolute atomic E-state index is 0.0520. The first-order chi connectivity index (χ1) is 9.34. The summed E-state index contributed by atoms with van der Waals surface area (Å²) in [5, 5.41) is 0. The maximum Gasteiger partial charge on any atom is 0.218 e. The zero-order valence-corrected chi connectivity index (χ0v) is 13.1. The fourth-order valence-corrected chi connectivity index (χ4v) is 4.60. The van der Waals surface area contributed by atoms with Gasteiger partial charge in [-0.25, -0.2) is 12.7 Å². The molecule has 1 aromatic rings. The van der Waals surface area contributed by atoms with Crippen molar-refractivity contribution in [2.75, 3.05) is 13.1 Å². The number of nitrogens with zero attached hydrogens (tertiary/aromatic N) is 1. The molecule has 2 rings (SSSR count). The van der Waals surface area contributed by atoms with Gasteiger partial charge < -0.3 is 5.73 Å². The minimum Gasteiger partial charge on any atom is -0.326 e. The van der Waals surface area contributed by atoms with Crippen LogP contribution in [0.3, 0.4) is 0 Å². The lowest BCUT2D eigenvalue weighted by Gasteiger charge is -2.37. The molecule has 0 bridgehead atoms. The number of sulfonamides is 1. The van der Waals surface area contributed by atoms with Crippen LogP contribution in [-0.2, 0) is 22.3 Å². The molecule has 2 N–H and O–H groups in total. The van der Waals surface area contributed by atoms with Crippen LogP contribution < -0.4 is 5.73 Å². The van der Waals surface area contributed by atoms with E-state index in [0.29, 0.717) is 19.6 Å². The van der Waals surface area contributed by atoms with Crippen molar-refractivity contribution in [2.45, 2.75) is 39.0 Å². The lowest BCUT2D eigenvalue weighted by molar-refractivity contribution is 0.186. The molecule has 5 heteroatoms. The van der Waals surface area contributed by atoms with Crippen molar-refractivity contribution in [1.29, 1.82) is 0 Å². The Morgan fingerprint density at radius 3 is 2.50 bits per heavy atom. The van der Waals surface area contributed by atoms with Crippen LogP contribution >= 0.6 is 0 Å². The van der Waals surface area contributed by atoms with Gasteiger partial charge in [-0.3, -0.25) is 0 Å². The third-order valence-electron chi connectivity index (χ3n) is 3.94. The minimum atomic E-state index is -3.26. The smallest absolute Gasteiger partial charge is 0.218 e. The summed E-state index contributed by atoms with van der Waals surface area (Å²) < 4.78 is 26.8. The number of nitrogens with two attached hydrogens (primary N) is 1. The maximum absolute atomic E-state index is 12.6. The van der Waals surface area contributed by atoms with Crippen LogP contribution in [0.5, 0.6) is 0 Å². The number of benzene rings is 1. The predicted molar refractivity (Wildman–Crippen MR) is 81.5 cm³/mol. The van der Waals surface area contributed by atoms with Crippen LogP contribution in [0.4, 0.5) is 0 Å². The number of hydrogen-bond acceptors (Lipinski definition) is 3. The fourth-order valence-electron chi connectivity index (χ4n) is 2.79. The molecule has 0 spiro atoms. The molecule has 4 nitrogen and oxygen atoms in total. The monoisotopic (exact) mass is 296 g/mol. The average Bonchev–Trinajstić information content (AvgIpc) is 2.38. The van der Waals surface area contributed by atoms with Gasteiger partial charge in [0.2, 0.25) is 10.0 Å². The fraction of sp³-hybridized carbons (Fsp3) is 0.600. The van der Waals surface area contributed by atoms with E-state index in [1.54, 1.807) is 4.31 Å². The van der Waals surface area contributed by atoms with E-state index in [4.69, 9.17) is 5.73 Å². The van der Waals surface area contributed by atoms with Crippen molar-refractivity contribution in [1.82, 2.24) is 4.31 Å². The van der Waals surface area contributed by atoms with Crippen LogP contribution in [0.2, 0.25) is 0 Å². The van der Waals surface area contributed by atoms with E-state index < -0.39 is 10.0 Å². The zero-order chi connectivity index (χ0) is 14.8. The predicted octanol–water partition coefficient (Wildman–Crippen LogP) is 2.10. The summed E-state index contributed by atoms with van der Waals surface area (Å²) in [6, 6.07) is 7.51. The van der Waals surface area contributed by atoms with Gasteiger partial charge >= 0.3 is 0 Å². The van der Waals surface area contributed by atoms with E-state index in [1.807, 2.05) is 24.3 Å². The summed E-state index contributed by atoms with van der Waals surface area (Å²) in [6.45, 7) is 5.87. The molecular weight excluding hydrogens is 272 g/mol. The zero-order valence-electron chi connectivity index (χ0n) is 12.3. The lowest BCUT2D eigenvalue weighted by Crippen LogP contribution is -2.44. The molecule has 1 saturated heterocycles. The Hall–Kier alpha value is -0.910. The normalized spacial score (nSPS) is 19.9. The molecule has 1 aliphatic rings. The summed E-state index contributed by atoms with van der Waals surface area (Å²) in [6.07, 6.45) is 2.02. The third kappa shape index (κ3) is 3.59. The van der Waals surface area contributed by atoms with Gasteiger partial charge in [0.05, 0.1) is 5.75 Å². The molecule has 1 aromatic carbocycles. The van der Waals surface area contributed by atoms with Crippen molar-refractivity contribution in [3.8, 4) is 0 Å². The first kappa shape index (κ1) is 15.5. The van der Waals surface area contributed by atoms with Crippen molar-refractivity contribution in [3.63, 3.8) is 0 Å². The van der Waals surface area contributed by atoms with Crippen molar-refractivity contribution >= 4 is 10.0 Å². The number of hydrogen-bond donors (Lipinski definition) is 1. The Morgan fingerprint density at radius 2 is 1.90 bits per heavy atom. The molecule has 1 aliphatic heterocycles. The van der Waals surface area contributed by atoms with Crippen LogP contribution in [0, 0.1) is 5.41 Å². The molecule has 20 heavy (non-hydrogen) atoms. The highest BCUT2D eigenvalue weighted by molar-refractivity contribution is 7.88. The van der Waals surface area contributed by atoms with E-state index in [9.17, 15) is 8.42 Å². The van der Waals surface area contributed by atoms with Gasteiger partial charge in [0.1, 0.15) is 0 Å². The van der Waals surface area contributed by atoms with Crippen LogP contribution in [0.25, 0.3) is 0 Å². The second kappa shape index (κ2) is 5.84. The maximum atomic E-state index is 12.6. The van der Waals surface area contributed by atoms with Crippen LogP contribution in [-0.4, -0.2) is 25.8 Å². The molecule has 0 aromatic heterocycles. The molecule has 112 valence electrons. The largest absolute Gasteiger partial charge is 0.326 e. The summed E-state index contributed by atoms with van der Waals surface area (Å²) >= 11 is 0. The molecule has 0 radical (unpaired) electrons. The Bertz CT molecular complexity index is 567. The molecule has 0 aliphatic carbocycles. The molecule has 0 atom stereocenters. The van der Waals surface area contributed by atoms with E-state index in [1.165, 1.54) is 0 Å². The highest BCUT2D eigenvalue weighted by Gasteiger charge is 2.33. The first-order valence-corrected chi connectivity index (χ1v) is 8.70. The van der Waals surface area contributed by atoms with Crippen molar-refractivity contribution < 1.29 is 8.42 Å². The molecule has 0 unspecified atom stereocenters. The Morgan fingerprint density at radius 1 is 1.25 bits per heavy atom. The molecule has 0 saturated carbocycles. The molecule has 1 fully saturated rings. The van der Waals surface area contributed by atoms with Gasteiger partial charge in [0.25, 0.3) is 0 Å². The van der Waals surface area contributed by atoms with Gasteiger partial charge in [-0.05, 0) is 29.4 Å². The Kier molecular flexibility index (Phi) is 4.52. The van der Waals surface area contributed by atoms with Gasteiger partial charge in [-0.1, -0.05) is 38.1 Å². The second-order valence-electron chi connectivity index (χ2n) is 6.33. The average molecular weight is 296 g/mol.